The first-order valence-electron chi connectivity index (χ1n) is 10.6. The van der Waals surface area contributed by atoms with Gasteiger partial charge in [0.1, 0.15) is 5.82 Å². The zero-order valence-corrected chi connectivity index (χ0v) is 20.6. The minimum Gasteiger partial charge on any atom is -0.344 e. The molecule has 0 aliphatic carbocycles. The fourth-order valence-electron chi connectivity index (χ4n) is 3.86. The molecule has 0 saturated carbocycles. The smallest absolute Gasteiger partial charge is 0.251 e. The second-order valence-corrected chi connectivity index (χ2v) is 10.2. The Hall–Kier alpha value is -2.34. The number of fused-ring (bicyclic) bond motifs is 1. The van der Waals surface area contributed by atoms with Crippen molar-refractivity contribution in [2.45, 2.75) is 39.8 Å². The molecule has 0 saturated heterocycles. The third kappa shape index (κ3) is 5.01. The van der Waals surface area contributed by atoms with E-state index in [0.717, 1.165) is 28.8 Å². The lowest BCUT2D eigenvalue weighted by molar-refractivity contribution is 0.0933. The number of hydrogen-bond acceptors (Lipinski definition) is 3. The van der Waals surface area contributed by atoms with Crippen LogP contribution in [0.3, 0.4) is 0 Å². The maximum absolute atomic E-state index is 13.1. The lowest BCUT2D eigenvalue weighted by Gasteiger charge is -2.19. The van der Waals surface area contributed by atoms with Crippen molar-refractivity contribution in [2.24, 2.45) is 5.92 Å². The van der Waals surface area contributed by atoms with Crippen LogP contribution in [-0.4, -0.2) is 15.5 Å². The number of halogens is 2. The molecule has 0 spiro atoms. The van der Waals surface area contributed by atoms with Crippen LogP contribution in [0.5, 0.6) is 0 Å². The van der Waals surface area contributed by atoms with E-state index in [1.165, 1.54) is 4.88 Å². The molecule has 0 bridgehead atoms. The highest BCUT2D eigenvalue weighted by molar-refractivity contribution is 7.10. The average molecular weight is 486 g/mol. The molecule has 1 amide bonds. The fourth-order valence-corrected chi connectivity index (χ4v) is 4.97. The summed E-state index contributed by atoms with van der Waals surface area (Å²) >= 11 is 13.9. The number of benzene rings is 2. The summed E-state index contributed by atoms with van der Waals surface area (Å²) in [4.78, 5) is 18.9. The van der Waals surface area contributed by atoms with Crippen LogP contribution in [0.15, 0.2) is 53.9 Å². The Labute approximate surface area is 202 Å². The predicted molar refractivity (Wildman–Crippen MR) is 134 cm³/mol. The van der Waals surface area contributed by atoms with Gasteiger partial charge in [0.15, 0.2) is 0 Å². The topological polar surface area (TPSA) is 46.9 Å². The Bertz CT molecular complexity index is 1250. The van der Waals surface area contributed by atoms with Crippen LogP contribution in [0.1, 0.15) is 52.9 Å². The van der Waals surface area contributed by atoms with E-state index in [2.05, 4.69) is 29.8 Å². The van der Waals surface area contributed by atoms with Gasteiger partial charge in [0.2, 0.25) is 0 Å². The lowest BCUT2D eigenvalue weighted by Crippen LogP contribution is -2.29. The molecule has 32 heavy (non-hydrogen) atoms. The molecular weight excluding hydrogens is 461 g/mol. The molecule has 1 unspecified atom stereocenters. The van der Waals surface area contributed by atoms with Crippen molar-refractivity contribution in [1.82, 2.24) is 14.9 Å². The number of amides is 1. The number of carbonyl (C=O) groups excluding carboxylic acids is 1. The van der Waals surface area contributed by atoms with Gasteiger partial charge in [-0.1, -0.05) is 49.2 Å². The van der Waals surface area contributed by atoms with Gasteiger partial charge in [-0.05, 0) is 66.6 Å². The standard InChI is InChI=1S/C25H25Cl2N3OS/c1-15(2)11-22(24-5-4-10-32-24)29-25(31)18-7-9-23-21(13-18)28-16(3)30(23)14-17-6-8-19(26)20(27)12-17/h4-10,12-13,15,22H,11,14H2,1-3H3,(H,29,31). The number of rotatable bonds is 7. The number of imidazole rings is 1. The number of nitrogens with zero attached hydrogens (tertiary/aromatic N) is 2. The molecule has 7 heteroatoms. The average Bonchev–Trinajstić information content (AvgIpc) is 3.38. The van der Waals surface area contributed by atoms with E-state index in [1.54, 1.807) is 17.4 Å². The van der Waals surface area contributed by atoms with Crippen LogP contribution in [0.25, 0.3) is 11.0 Å². The molecule has 0 aliphatic heterocycles. The normalized spacial score (nSPS) is 12.4. The summed E-state index contributed by atoms with van der Waals surface area (Å²) in [5.41, 5.74) is 3.42. The van der Waals surface area contributed by atoms with Crippen LogP contribution in [-0.2, 0) is 6.54 Å². The maximum Gasteiger partial charge on any atom is 0.251 e. The SMILES string of the molecule is Cc1nc2cc(C(=O)NC(CC(C)C)c3cccs3)ccc2n1Cc1ccc(Cl)c(Cl)c1. The van der Waals surface area contributed by atoms with E-state index in [1.807, 2.05) is 48.7 Å². The van der Waals surface area contributed by atoms with Crippen LogP contribution in [0.4, 0.5) is 0 Å². The summed E-state index contributed by atoms with van der Waals surface area (Å²) < 4.78 is 2.11. The molecule has 1 atom stereocenters. The van der Waals surface area contributed by atoms with E-state index in [4.69, 9.17) is 28.2 Å². The first-order chi connectivity index (χ1) is 15.3. The van der Waals surface area contributed by atoms with Crippen LogP contribution in [0.2, 0.25) is 10.0 Å². The molecule has 1 N–H and O–H groups in total. The van der Waals surface area contributed by atoms with Crippen molar-refractivity contribution < 1.29 is 4.79 Å². The Kier molecular flexibility index (Phi) is 6.89. The first-order valence-corrected chi connectivity index (χ1v) is 12.2. The lowest BCUT2D eigenvalue weighted by atomic mass is 10.0. The van der Waals surface area contributed by atoms with Crippen LogP contribution in [0, 0.1) is 12.8 Å². The second kappa shape index (κ2) is 9.65. The number of carbonyl (C=O) groups is 1. The highest BCUT2D eigenvalue weighted by atomic mass is 35.5. The molecule has 2 aromatic heterocycles. The second-order valence-electron chi connectivity index (χ2n) is 8.37. The number of nitrogens with one attached hydrogen (secondary N) is 1. The first kappa shape index (κ1) is 22.8. The van der Waals surface area contributed by atoms with Gasteiger partial charge in [-0.25, -0.2) is 4.98 Å². The van der Waals surface area contributed by atoms with E-state index in [-0.39, 0.29) is 11.9 Å². The van der Waals surface area contributed by atoms with Crippen molar-refractivity contribution in [1.29, 1.82) is 0 Å². The molecule has 2 heterocycles. The Morgan fingerprint density at radius 1 is 1.12 bits per heavy atom. The molecule has 0 aliphatic rings. The summed E-state index contributed by atoms with van der Waals surface area (Å²) in [7, 11) is 0. The van der Waals surface area contributed by atoms with Gasteiger partial charge in [0, 0.05) is 17.0 Å². The maximum atomic E-state index is 13.1. The Balaban J connectivity index is 1.58. The van der Waals surface area contributed by atoms with Gasteiger partial charge in [0.25, 0.3) is 5.91 Å². The zero-order valence-electron chi connectivity index (χ0n) is 18.2. The zero-order chi connectivity index (χ0) is 22.8. The minimum atomic E-state index is -0.0809. The van der Waals surface area contributed by atoms with E-state index >= 15 is 0 Å². The largest absolute Gasteiger partial charge is 0.344 e. The van der Waals surface area contributed by atoms with Gasteiger partial charge in [-0.15, -0.1) is 11.3 Å². The number of hydrogen-bond donors (Lipinski definition) is 1. The number of aromatic nitrogens is 2. The Morgan fingerprint density at radius 3 is 2.62 bits per heavy atom. The highest BCUT2D eigenvalue weighted by Crippen LogP contribution is 2.27. The van der Waals surface area contributed by atoms with E-state index in [0.29, 0.717) is 28.1 Å². The molecule has 166 valence electrons. The van der Waals surface area contributed by atoms with Crippen molar-refractivity contribution in [3.8, 4) is 0 Å². The minimum absolute atomic E-state index is 0.00661. The summed E-state index contributed by atoms with van der Waals surface area (Å²) in [5, 5.41) is 6.33. The molecule has 4 nitrogen and oxygen atoms in total. The van der Waals surface area contributed by atoms with Crippen molar-refractivity contribution in [3.05, 3.63) is 85.8 Å². The van der Waals surface area contributed by atoms with E-state index in [9.17, 15) is 4.79 Å². The quantitative estimate of drug-likeness (QED) is 0.298. The molecular formula is C25H25Cl2N3OS. The predicted octanol–water partition coefficient (Wildman–Crippen LogP) is 7.28. The summed E-state index contributed by atoms with van der Waals surface area (Å²) in [6.07, 6.45) is 0.895. The molecule has 0 radical (unpaired) electrons. The molecule has 2 aromatic carbocycles. The number of thiophene rings is 1. The highest BCUT2D eigenvalue weighted by Gasteiger charge is 2.19. The van der Waals surface area contributed by atoms with Crippen molar-refractivity contribution in [3.63, 3.8) is 0 Å². The van der Waals surface area contributed by atoms with Crippen molar-refractivity contribution in [2.75, 3.05) is 0 Å². The summed E-state index contributed by atoms with van der Waals surface area (Å²) in [6, 6.07) is 15.4. The number of aryl methyl sites for hydroxylation is 1. The van der Waals surface area contributed by atoms with Gasteiger partial charge in [0.05, 0.1) is 27.1 Å². The third-order valence-electron chi connectivity index (χ3n) is 5.43. The Morgan fingerprint density at radius 2 is 1.94 bits per heavy atom. The fraction of sp³-hybridized carbons (Fsp3) is 0.280. The van der Waals surface area contributed by atoms with Crippen LogP contribution >= 0.6 is 34.5 Å². The molecule has 0 fully saturated rings. The molecule has 4 rings (SSSR count). The monoisotopic (exact) mass is 485 g/mol. The molecule has 4 aromatic rings. The van der Waals surface area contributed by atoms with Gasteiger partial charge in [-0.3, -0.25) is 4.79 Å². The summed E-state index contributed by atoms with van der Waals surface area (Å²) in [5.74, 6) is 1.27. The van der Waals surface area contributed by atoms with Crippen molar-refractivity contribution >= 4 is 51.5 Å². The van der Waals surface area contributed by atoms with Gasteiger partial charge >= 0.3 is 0 Å². The van der Waals surface area contributed by atoms with E-state index < -0.39 is 0 Å². The van der Waals surface area contributed by atoms with Gasteiger partial charge in [-0.2, -0.15) is 0 Å². The summed E-state index contributed by atoms with van der Waals surface area (Å²) in [6.45, 7) is 6.93. The van der Waals surface area contributed by atoms with Crippen LogP contribution < -0.4 is 5.32 Å². The van der Waals surface area contributed by atoms with Gasteiger partial charge < -0.3 is 9.88 Å². The third-order valence-corrected chi connectivity index (χ3v) is 7.15.